The molecule has 1 aliphatic heterocycles. The fourth-order valence-corrected chi connectivity index (χ4v) is 1.81. The van der Waals surface area contributed by atoms with Crippen molar-refractivity contribution in [2.24, 2.45) is 21.5 Å². The second kappa shape index (κ2) is 6.30. The Hall–Kier alpha value is -2.16. The van der Waals surface area contributed by atoms with Gasteiger partial charge in [-0.05, 0) is 18.6 Å². The van der Waals surface area contributed by atoms with E-state index >= 15 is 0 Å². The Labute approximate surface area is 129 Å². The van der Waals surface area contributed by atoms with Crippen LogP contribution in [0.3, 0.4) is 0 Å². The summed E-state index contributed by atoms with van der Waals surface area (Å²) in [7, 11) is 0. The predicted octanol–water partition coefficient (Wildman–Crippen LogP) is 2.21. The topological polar surface area (TPSA) is 89.2 Å². The predicted molar refractivity (Wildman–Crippen MR) is 77.2 cm³/mol. The number of halogens is 4. The van der Waals surface area contributed by atoms with Crippen LogP contribution >= 0.6 is 11.6 Å². The number of ether oxygens (including phenoxy) is 1. The van der Waals surface area contributed by atoms with Crippen LogP contribution in [0.1, 0.15) is 6.42 Å². The molecule has 120 valence electrons. The number of alkyl halides is 3. The van der Waals surface area contributed by atoms with E-state index in [-0.39, 0.29) is 22.6 Å². The van der Waals surface area contributed by atoms with Gasteiger partial charge in [0.05, 0.1) is 10.7 Å². The maximum absolute atomic E-state index is 12.2. The van der Waals surface area contributed by atoms with Gasteiger partial charge in [0, 0.05) is 19.2 Å². The molecular formula is C12H13ClF3N5O. The SMILES string of the molecule is NC(=Nc1ccc(Cl)c(OC(F)(F)F)c1)/N=C(/N)N1CCC1. The number of aliphatic imine (C=N–C) groups is 2. The summed E-state index contributed by atoms with van der Waals surface area (Å²) in [4.78, 5) is 9.53. The number of guanidine groups is 2. The molecule has 0 aromatic heterocycles. The van der Waals surface area contributed by atoms with Crippen molar-refractivity contribution >= 4 is 29.2 Å². The third-order valence-corrected chi connectivity index (χ3v) is 3.11. The molecular weight excluding hydrogens is 323 g/mol. The molecule has 1 heterocycles. The van der Waals surface area contributed by atoms with Crippen LogP contribution in [0, 0.1) is 0 Å². The Morgan fingerprint density at radius 3 is 2.50 bits per heavy atom. The molecule has 0 atom stereocenters. The molecule has 1 aromatic carbocycles. The number of hydrogen-bond acceptors (Lipinski definition) is 2. The van der Waals surface area contributed by atoms with Crippen LogP contribution < -0.4 is 16.2 Å². The van der Waals surface area contributed by atoms with Crippen molar-refractivity contribution in [3.63, 3.8) is 0 Å². The monoisotopic (exact) mass is 335 g/mol. The Morgan fingerprint density at radius 1 is 1.27 bits per heavy atom. The van der Waals surface area contributed by atoms with Gasteiger partial charge in [-0.2, -0.15) is 4.99 Å². The van der Waals surface area contributed by atoms with Gasteiger partial charge < -0.3 is 21.1 Å². The normalized spacial score (nSPS) is 16.5. The van der Waals surface area contributed by atoms with E-state index in [9.17, 15) is 13.2 Å². The summed E-state index contributed by atoms with van der Waals surface area (Å²) in [6.45, 7) is 1.57. The van der Waals surface area contributed by atoms with Gasteiger partial charge in [0.2, 0.25) is 5.96 Å². The molecule has 6 nitrogen and oxygen atoms in total. The van der Waals surface area contributed by atoms with Gasteiger partial charge in [-0.25, -0.2) is 4.99 Å². The smallest absolute Gasteiger partial charge is 0.404 e. The molecule has 0 unspecified atom stereocenters. The largest absolute Gasteiger partial charge is 0.573 e. The first-order valence-corrected chi connectivity index (χ1v) is 6.61. The highest BCUT2D eigenvalue weighted by Crippen LogP contribution is 2.33. The molecule has 22 heavy (non-hydrogen) atoms. The number of benzene rings is 1. The number of likely N-dealkylation sites (tertiary alicyclic amines) is 1. The van der Waals surface area contributed by atoms with Gasteiger partial charge >= 0.3 is 6.36 Å². The minimum atomic E-state index is -4.85. The Balaban J connectivity index is 2.18. The van der Waals surface area contributed by atoms with Crippen LogP contribution in [0.25, 0.3) is 0 Å². The van der Waals surface area contributed by atoms with E-state index in [1.165, 1.54) is 12.1 Å². The molecule has 0 bridgehead atoms. The van der Waals surface area contributed by atoms with E-state index in [0.717, 1.165) is 25.6 Å². The summed E-state index contributed by atoms with van der Waals surface area (Å²) < 4.78 is 40.5. The minimum absolute atomic E-state index is 0.112. The molecule has 0 amide bonds. The van der Waals surface area contributed by atoms with E-state index < -0.39 is 12.1 Å². The molecule has 1 aliphatic rings. The summed E-state index contributed by atoms with van der Waals surface area (Å²) in [6.07, 6.45) is -3.83. The zero-order chi connectivity index (χ0) is 16.3. The third-order valence-electron chi connectivity index (χ3n) is 2.79. The second-order valence-electron chi connectivity index (χ2n) is 4.44. The Morgan fingerprint density at radius 2 is 1.95 bits per heavy atom. The van der Waals surface area contributed by atoms with Gasteiger partial charge in [-0.1, -0.05) is 11.6 Å². The fraction of sp³-hybridized carbons (Fsp3) is 0.333. The van der Waals surface area contributed by atoms with E-state index in [1.807, 2.05) is 0 Å². The third kappa shape index (κ3) is 4.42. The number of nitrogens with two attached hydrogens (primary N) is 2. The van der Waals surface area contributed by atoms with Gasteiger partial charge in [0.1, 0.15) is 5.75 Å². The standard InChI is InChI=1S/C12H13ClF3N5O/c13-8-3-2-7(6-9(8)22-12(14,15)16)19-10(17)20-11(18)21-4-1-5-21/h2-3,6H,1,4-5H2,(H4,17,18,19,20). The molecule has 0 aliphatic carbocycles. The maximum Gasteiger partial charge on any atom is 0.573 e. The molecule has 0 spiro atoms. The zero-order valence-electron chi connectivity index (χ0n) is 11.3. The van der Waals surface area contributed by atoms with Gasteiger partial charge in [-0.3, -0.25) is 0 Å². The minimum Gasteiger partial charge on any atom is -0.404 e. The fourth-order valence-electron chi connectivity index (χ4n) is 1.66. The molecule has 1 fully saturated rings. The number of nitrogens with zero attached hydrogens (tertiary/aromatic N) is 3. The number of hydrogen-bond donors (Lipinski definition) is 2. The van der Waals surface area contributed by atoms with Crippen LogP contribution in [0.5, 0.6) is 5.75 Å². The first kappa shape index (κ1) is 16.2. The van der Waals surface area contributed by atoms with Gasteiger partial charge in [0.15, 0.2) is 5.96 Å². The number of rotatable bonds is 2. The van der Waals surface area contributed by atoms with E-state index in [1.54, 1.807) is 4.90 Å². The molecule has 4 N–H and O–H groups in total. The molecule has 1 saturated heterocycles. The second-order valence-corrected chi connectivity index (χ2v) is 4.85. The van der Waals surface area contributed by atoms with E-state index in [2.05, 4.69) is 14.7 Å². The average Bonchev–Trinajstić information content (AvgIpc) is 2.29. The first-order chi connectivity index (χ1) is 10.2. The lowest BCUT2D eigenvalue weighted by molar-refractivity contribution is -0.274. The van der Waals surface area contributed by atoms with Crippen LogP contribution in [0.4, 0.5) is 18.9 Å². The van der Waals surface area contributed by atoms with Crippen molar-refractivity contribution < 1.29 is 17.9 Å². The van der Waals surface area contributed by atoms with Gasteiger partial charge in [0.25, 0.3) is 0 Å². The summed E-state index contributed by atoms with van der Waals surface area (Å²) in [5.74, 6) is -0.527. The van der Waals surface area contributed by atoms with Crippen LogP contribution in [0.2, 0.25) is 5.02 Å². The Kier molecular flexibility index (Phi) is 4.65. The summed E-state index contributed by atoms with van der Waals surface area (Å²) >= 11 is 5.63. The Bertz CT molecular complexity index is 613. The van der Waals surface area contributed by atoms with Crippen molar-refractivity contribution in [2.45, 2.75) is 12.8 Å². The average molecular weight is 336 g/mol. The highest BCUT2D eigenvalue weighted by molar-refractivity contribution is 6.32. The molecule has 1 aromatic rings. The van der Waals surface area contributed by atoms with Crippen LogP contribution in [-0.4, -0.2) is 36.3 Å². The van der Waals surface area contributed by atoms with E-state index in [4.69, 9.17) is 23.1 Å². The lowest BCUT2D eigenvalue weighted by atomic mass is 10.2. The molecule has 2 rings (SSSR count). The van der Waals surface area contributed by atoms with E-state index in [0.29, 0.717) is 0 Å². The van der Waals surface area contributed by atoms with Crippen molar-refractivity contribution in [1.29, 1.82) is 0 Å². The first-order valence-electron chi connectivity index (χ1n) is 6.23. The van der Waals surface area contributed by atoms with Crippen molar-refractivity contribution in [3.05, 3.63) is 23.2 Å². The summed E-state index contributed by atoms with van der Waals surface area (Å²) in [5, 5.41) is -0.196. The highest BCUT2D eigenvalue weighted by atomic mass is 35.5. The van der Waals surface area contributed by atoms with Crippen LogP contribution in [-0.2, 0) is 0 Å². The molecule has 0 radical (unpaired) electrons. The maximum atomic E-state index is 12.2. The van der Waals surface area contributed by atoms with Gasteiger partial charge in [-0.15, -0.1) is 13.2 Å². The van der Waals surface area contributed by atoms with Crippen LogP contribution in [0.15, 0.2) is 28.2 Å². The molecule has 10 heteroatoms. The lowest BCUT2D eigenvalue weighted by Crippen LogP contribution is -2.47. The van der Waals surface area contributed by atoms with Crippen molar-refractivity contribution in [3.8, 4) is 5.75 Å². The zero-order valence-corrected chi connectivity index (χ0v) is 12.0. The molecule has 0 saturated carbocycles. The van der Waals surface area contributed by atoms with Crippen molar-refractivity contribution in [2.75, 3.05) is 13.1 Å². The van der Waals surface area contributed by atoms with Crippen molar-refractivity contribution in [1.82, 2.24) is 4.90 Å². The highest BCUT2D eigenvalue weighted by Gasteiger charge is 2.32. The summed E-state index contributed by atoms with van der Waals surface area (Å²) in [6, 6.07) is 3.61. The quantitative estimate of drug-likeness (QED) is 0.640. The summed E-state index contributed by atoms with van der Waals surface area (Å²) in [5.41, 5.74) is 11.4. The lowest BCUT2D eigenvalue weighted by Gasteiger charge is -2.31.